The first-order chi connectivity index (χ1) is 8.47. The summed E-state index contributed by atoms with van der Waals surface area (Å²) in [4.78, 5) is 6.53. The highest BCUT2D eigenvalue weighted by molar-refractivity contribution is 7.88. The molecule has 2 aliphatic rings. The molecule has 1 aliphatic carbocycles. The number of nitrogens with zero attached hydrogens (tertiary/aromatic N) is 3. The lowest BCUT2D eigenvalue weighted by molar-refractivity contribution is 0.264. The molecule has 1 saturated carbocycles. The molecule has 0 aromatic heterocycles. The molecule has 18 heavy (non-hydrogen) atoms. The Kier molecular flexibility index (Phi) is 4.11. The molecule has 7 heteroatoms. The number of nitrogens with two attached hydrogens (primary N) is 1. The van der Waals surface area contributed by atoms with Crippen LogP contribution in [0.1, 0.15) is 25.7 Å². The monoisotopic (exact) mass is 274 g/mol. The Balaban J connectivity index is 1.89. The molecule has 2 fully saturated rings. The molecule has 0 aromatic rings. The van der Waals surface area contributed by atoms with Gasteiger partial charge in [0.2, 0.25) is 10.0 Å². The van der Waals surface area contributed by atoms with Gasteiger partial charge in [-0.05, 0) is 12.8 Å². The van der Waals surface area contributed by atoms with Crippen LogP contribution in [-0.4, -0.2) is 62.1 Å². The van der Waals surface area contributed by atoms with Crippen LogP contribution in [0.5, 0.6) is 0 Å². The minimum atomic E-state index is -3.07. The highest BCUT2D eigenvalue weighted by Gasteiger charge is 2.24. The van der Waals surface area contributed by atoms with Gasteiger partial charge >= 0.3 is 0 Å². The Labute approximate surface area is 109 Å². The number of hydrogen-bond acceptors (Lipinski definition) is 3. The molecule has 0 amide bonds. The highest BCUT2D eigenvalue weighted by atomic mass is 32.2. The summed E-state index contributed by atoms with van der Waals surface area (Å²) < 4.78 is 24.3. The zero-order chi connectivity index (χ0) is 13.2. The van der Waals surface area contributed by atoms with E-state index in [1.807, 2.05) is 4.90 Å². The molecule has 0 bridgehead atoms. The van der Waals surface area contributed by atoms with Gasteiger partial charge in [-0.25, -0.2) is 13.4 Å². The summed E-state index contributed by atoms with van der Waals surface area (Å²) in [5.41, 5.74) is 5.99. The summed E-state index contributed by atoms with van der Waals surface area (Å²) >= 11 is 0. The molecule has 1 aliphatic heterocycles. The lowest BCUT2D eigenvalue weighted by Crippen LogP contribution is -2.52. The van der Waals surface area contributed by atoms with Gasteiger partial charge in [-0.1, -0.05) is 12.8 Å². The maximum atomic E-state index is 11.4. The van der Waals surface area contributed by atoms with Crippen LogP contribution in [0, 0.1) is 0 Å². The zero-order valence-electron chi connectivity index (χ0n) is 10.9. The average Bonchev–Trinajstić information content (AvgIpc) is 2.81. The minimum Gasteiger partial charge on any atom is -0.370 e. The van der Waals surface area contributed by atoms with Crippen LogP contribution in [0.25, 0.3) is 0 Å². The number of aliphatic imine (C=N–C) groups is 1. The summed E-state index contributed by atoms with van der Waals surface area (Å²) in [5.74, 6) is 0.579. The van der Waals surface area contributed by atoms with Crippen LogP contribution < -0.4 is 5.73 Å². The molecule has 6 nitrogen and oxygen atoms in total. The minimum absolute atomic E-state index is 0.373. The molecule has 2 N–H and O–H groups in total. The van der Waals surface area contributed by atoms with E-state index in [0.717, 1.165) is 12.8 Å². The van der Waals surface area contributed by atoms with Crippen LogP contribution >= 0.6 is 0 Å². The van der Waals surface area contributed by atoms with E-state index in [1.165, 1.54) is 23.4 Å². The molecule has 0 radical (unpaired) electrons. The molecule has 1 heterocycles. The van der Waals surface area contributed by atoms with Crippen LogP contribution in [0.3, 0.4) is 0 Å². The topological polar surface area (TPSA) is 79.0 Å². The van der Waals surface area contributed by atoms with E-state index in [2.05, 4.69) is 4.99 Å². The highest BCUT2D eigenvalue weighted by Crippen LogP contribution is 2.21. The van der Waals surface area contributed by atoms with E-state index < -0.39 is 10.0 Å². The van der Waals surface area contributed by atoms with Crippen molar-refractivity contribution in [1.82, 2.24) is 9.21 Å². The molecule has 1 saturated heterocycles. The van der Waals surface area contributed by atoms with Gasteiger partial charge < -0.3 is 10.6 Å². The Bertz CT molecular complexity index is 407. The summed E-state index contributed by atoms with van der Waals surface area (Å²) in [6.07, 6.45) is 5.99. The van der Waals surface area contributed by atoms with E-state index in [4.69, 9.17) is 5.73 Å². The lowest BCUT2D eigenvalue weighted by atomic mass is 10.3. The number of piperazine rings is 1. The second-order valence-electron chi connectivity index (χ2n) is 5.07. The normalized spacial score (nSPS) is 24.7. The first kappa shape index (κ1) is 13.6. The number of hydrogen-bond donors (Lipinski definition) is 1. The molecule has 2 rings (SSSR count). The summed E-state index contributed by atoms with van der Waals surface area (Å²) in [6.45, 7) is 2.27. The van der Waals surface area contributed by atoms with E-state index >= 15 is 0 Å². The molecular weight excluding hydrogens is 252 g/mol. The Hall–Kier alpha value is -0.820. The molecular formula is C11H22N4O2S. The SMILES string of the molecule is CS(=O)(=O)N1CCN(C(N)=NC2CCCC2)CC1. The average molecular weight is 274 g/mol. The van der Waals surface area contributed by atoms with E-state index in [0.29, 0.717) is 38.2 Å². The van der Waals surface area contributed by atoms with Crippen molar-refractivity contribution in [3.8, 4) is 0 Å². The van der Waals surface area contributed by atoms with Crippen molar-refractivity contribution in [3.63, 3.8) is 0 Å². The molecule has 0 aromatic carbocycles. The van der Waals surface area contributed by atoms with Gasteiger partial charge in [0.25, 0.3) is 0 Å². The van der Waals surface area contributed by atoms with Gasteiger partial charge in [0, 0.05) is 26.2 Å². The molecule has 104 valence electrons. The van der Waals surface area contributed by atoms with Gasteiger partial charge in [0.1, 0.15) is 0 Å². The summed E-state index contributed by atoms with van der Waals surface area (Å²) in [7, 11) is -3.07. The third kappa shape index (κ3) is 3.35. The fraction of sp³-hybridized carbons (Fsp3) is 0.909. The number of sulfonamides is 1. The van der Waals surface area contributed by atoms with E-state index in [9.17, 15) is 8.42 Å². The first-order valence-corrected chi connectivity index (χ1v) is 8.35. The predicted octanol–water partition coefficient (Wildman–Crippen LogP) is -0.179. The first-order valence-electron chi connectivity index (χ1n) is 6.50. The van der Waals surface area contributed by atoms with Gasteiger partial charge in [0.15, 0.2) is 5.96 Å². The van der Waals surface area contributed by atoms with Crippen LogP contribution in [-0.2, 0) is 10.0 Å². The standard InChI is InChI=1S/C11H22N4O2S/c1-18(16,17)15-8-6-14(7-9-15)11(12)13-10-4-2-3-5-10/h10H,2-9H2,1H3,(H2,12,13). The van der Waals surface area contributed by atoms with Crippen molar-refractivity contribution in [3.05, 3.63) is 0 Å². The fourth-order valence-corrected chi connectivity index (χ4v) is 3.38. The van der Waals surface area contributed by atoms with E-state index in [1.54, 1.807) is 0 Å². The second kappa shape index (κ2) is 5.44. The van der Waals surface area contributed by atoms with Crippen molar-refractivity contribution >= 4 is 16.0 Å². The van der Waals surface area contributed by atoms with Gasteiger partial charge in [-0.2, -0.15) is 4.31 Å². The Morgan fingerprint density at radius 1 is 1.17 bits per heavy atom. The van der Waals surface area contributed by atoms with Crippen LogP contribution in [0.15, 0.2) is 4.99 Å². The van der Waals surface area contributed by atoms with Crippen molar-refractivity contribution in [2.75, 3.05) is 32.4 Å². The zero-order valence-corrected chi connectivity index (χ0v) is 11.7. The second-order valence-corrected chi connectivity index (χ2v) is 7.06. The predicted molar refractivity (Wildman–Crippen MR) is 71.9 cm³/mol. The maximum absolute atomic E-state index is 11.4. The molecule has 0 atom stereocenters. The third-order valence-corrected chi connectivity index (χ3v) is 4.97. The van der Waals surface area contributed by atoms with Gasteiger partial charge in [-0.3, -0.25) is 0 Å². The maximum Gasteiger partial charge on any atom is 0.211 e. The fourth-order valence-electron chi connectivity index (χ4n) is 2.55. The quantitative estimate of drug-likeness (QED) is 0.560. The van der Waals surface area contributed by atoms with E-state index in [-0.39, 0.29) is 0 Å². The summed E-state index contributed by atoms with van der Waals surface area (Å²) in [6, 6.07) is 0.373. The molecule has 0 unspecified atom stereocenters. The van der Waals surface area contributed by atoms with Crippen molar-refractivity contribution in [1.29, 1.82) is 0 Å². The number of guanidine groups is 1. The smallest absolute Gasteiger partial charge is 0.211 e. The van der Waals surface area contributed by atoms with Crippen LogP contribution in [0.2, 0.25) is 0 Å². The molecule has 0 spiro atoms. The van der Waals surface area contributed by atoms with Gasteiger partial charge in [-0.15, -0.1) is 0 Å². The largest absolute Gasteiger partial charge is 0.370 e. The van der Waals surface area contributed by atoms with Gasteiger partial charge in [0.05, 0.1) is 12.3 Å². The Morgan fingerprint density at radius 2 is 1.72 bits per heavy atom. The third-order valence-electron chi connectivity index (χ3n) is 3.67. The van der Waals surface area contributed by atoms with Crippen molar-refractivity contribution in [2.45, 2.75) is 31.7 Å². The lowest BCUT2D eigenvalue weighted by Gasteiger charge is -2.34. The number of rotatable bonds is 2. The Morgan fingerprint density at radius 3 is 2.22 bits per heavy atom. The van der Waals surface area contributed by atoms with Crippen molar-refractivity contribution in [2.24, 2.45) is 10.7 Å². The summed E-state index contributed by atoms with van der Waals surface area (Å²) in [5, 5.41) is 0. The van der Waals surface area contributed by atoms with Crippen molar-refractivity contribution < 1.29 is 8.42 Å². The van der Waals surface area contributed by atoms with Crippen LogP contribution in [0.4, 0.5) is 0 Å².